The molecule has 0 unspecified atom stereocenters. The van der Waals surface area contributed by atoms with Crippen LogP contribution in [0, 0.1) is 0 Å². The van der Waals surface area contributed by atoms with E-state index in [-0.39, 0.29) is 0 Å². The molecule has 0 atom stereocenters. The van der Waals surface area contributed by atoms with Gasteiger partial charge in [-0.15, -0.1) is 10.2 Å². The molecule has 1 fully saturated rings. The Bertz CT molecular complexity index is 385. The predicted octanol–water partition coefficient (Wildman–Crippen LogP) is 1.17. The third-order valence-corrected chi connectivity index (χ3v) is 4.34. The van der Waals surface area contributed by atoms with Gasteiger partial charge in [0.1, 0.15) is 5.01 Å². The Labute approximate surface area is 103 Å². The number of thioether (sulfide) groups is 1. The fraction of sp³-hybridized carbons (Fsp3) is 0.667. The van der Waals surface area contributed by atoms with Gasteiger partial charge in [-0.05, 0) is 19.1 Å². The summed E-state index contributed by atoms with van der Waals surface area (Å²) in [5.41, 5.74) is 5.87. The van der Waals surface area contributed by atoms with Crippen molar-refractivity contribution in [2.24, 2.45) is 10.7 Å². The van der Waals surface area contributed by atoms with Gasteiger partial charge in [-0.1, -0.05) is 23.1 Å². The van der Waals surface area contributed by atoms with Crippen molar-refractivity contribution in [1.29, 1.82) is 0 Å². The maximum absolute atomic E-state index is 5.87. The lowest BCUT2D eigenvalue weighted by Crippen LogP contribution is -2.35. The first-order valence-corrected chi connectivity index (χ1v) is 7.14. The molecular weight excluding hydrogens is 242 g/mol. The molecule has 2 rings (SSSR count). The number of nitrogens with zero attached hydrogens (tertiary/aromatic N) is 4. The van der Waals surface area contributed by atoms with Crippen LogP contribution in [0.4, 0.5) is 0 Å². The largest absolute Gasteiger partial charge is 0.370 e. The first-order chi connectivity index (χ1) is 7.70. The Morgan fingerprint density at radius 2 is 2.38 bits per heavy atom. The summed E-state index contributed by atoms with van der Waals surface area (Å²) >= 11 is 3.17. The first kappa shape index (κ1) is 11.7. The first-order valence-electron chi connectivity index (χ1n) is 5.10. The minimum atomic E-state index is 0.529. The van der Waals surface area contributed by atoms with Crippen molar-refractivity contribution in [3.8, 4) is 0 Å². The quantitative estimate of drug-likeness (QED) is 0.498. The molecule has 1 aliphatic rings. The van der Waals surface area contributed by atoms with Gasteiger partial charge < -0.3 is 10.6 Å². The van der Waals surface area contributed by atoms with Crippen molar-refractivity contribution in [3.05, 3.63) is 5.01 Å². The van der Waals surface area contributed by atoms with E-state index in [0.29, 0.717) is 18.5 Å². The molecule has 0 aliphatic heterocycles. The predicted molar refractivity (Wildman–Crippen MR) is 67.8 cm³/mol. The third kappa shape index (κ3) is 2.85. The maximum atomic E-state index is 5.87. The lowest BCUT2D eigenvalue weighted by molar-refractivity contribution is 0.487. The number of aromatic nitrogens is 2. The second-order valence-corrected chi connectivity index (χ2v) is 5.80. The number of rotatable bonds is 4. The van der Waals surface area contributed by atoms with Crippen molar-refractivity contribution in [2.75, 3.05) is 13.3 Å². The van der Waals surface area contributed by atoms with Crippen LogP contribution in [0.5, 0.6) is 0 Å². The van der Waals surface area contributed by atoms with Gasteiger partial charge in [-0.3, -0.25) is 0 Å². The summed E-state index contributed by atoms with van der Waals surface area (Å²) in [5.74, 6) is 0.600. The van der Waals surface area contributed by atoms with Crippen LogP contribution >= 0.6 is 23.1 Å². The smallest absolute Gasteiger partial charge is 0.191 e. The maximum Gasteiger partial charge on any atom is 0.191 e. The molecule has 0 amide bonds. The zero-order valence-electron chi connectivity index (χ0n) is 9.38. The van der Waals surface area contributed by atoms with E-state index in [4.69, 9.17) is 5.73 Å². The summed E-state index contributed by atoms with van der Waals surface area (Å²) in [4.78, 5) is 6.36. The number of nitrogens with two attached hydrogens (primary N) is 1. The van der Waals surface area contributed by atoms with E-state index in [0.717, 1.165) is 9.35 Å². The average Bonchev–Trinajstić information content (AvgIpc) is 3.04. The van der Waals surface area contributed by atoms with Crippen LogP contribution in [0.15, 0.2) is 9.33 Å². The Balaban J connectivity index is 1.91. The Morgan fingerprint density at radius 3 is 2.94 bits per heavy atom. The molecule has 0 radical (unpaired) electrons. The van der Waals surface area contributed by atoms with Crippen LogP contribution in [-0.2, 0) is 6.54 Å². The second kappa shape index (κ2) is 5.01. The summed E-state index contributed by atoms with van der Waals surface area (Å²) in [7, 11) is 1.99. The van der Waals surface area contributed by atoms with E-state index in [9.17, 15) is 0 Å². The van der Waals surface area contributed by atoms with Gasteiger partial charge in [0.15, 0.2) is 10.3 Å². The summed E-state index contributed by atoms with van der Waals surface area (Å²) in [6.07, 6.45) is 4.44. The lowest BCUT2D eigenvalue weighted by Gasteiger charge is -2.16. The highest BCUT2D eigenvalue weighted by molar-refractivity contribution is 8.00. The van der Waals surface area contributed by atoms with Crippen LogP contribution in [-0.4, -0.2) is 40.4 Å². The normalized spacial score (nSPS) is 16.5. The van der Waals surface area contributed by atoms with E-state index in [1.807, 2.05) is 18.2 Å². The van der Waals surface area contributed by atoms with Gasteiger partial charge in [0.2, 0.25) is 0 Å². The number of guanidine groups is 1. The fourth-order valence-corrected chi connectivity index (χ4v) is 2.53. The minimum absolute atomic E-state index is 0.529. The Kier molecular flexibility index (Phi) is 3.65. The Morgan fingerprint density at radius 1 is 1.62 bits per heavy atom. The third-order valence-electron chi connectivity index (χ3n) is 2.46. The monoisotopic (exact) mass is 257 g/mol. The van der Waals surface area contributed by atoms with Gasteiger partial charge in [0.25, 0.3) is 0 Å². The summed E-state index contributed by atoms with van der Waals surface area (Å²) in [5, 5.41) is 8.97. The van der Waals surface area contributed by atoms with Crippen LogP contribution in [0.25, 0.3) is 0 Å². The van der Waals surface area contributed by atoms with Gasteiger partial charge in [0.05, 0.1) is 6.54 Å². The van der Waals surface area contributed by atoms with Crippen LogP contribution in [0.1, 0.15) is 17.8 Å². The molecule has 16 heavy (non-hydrogen) atoms. The lowest BCUT2D eigenvalue weighted by atomic mass is 10.6. The molecule has 88 valence electrons. The molecule has 0 spiro atoms. The molecular formula is C9H15N5S2. The topological polar surface area (TPSA) is 67.4 Å². The van der Waals surface area contributed by atoms with Crippen LogP contribution in [0.2, 0.25) is 0 Å². The number of hydrogen-bond donors (Lipinski definition) is 1. The molecule has 1 aliphatic carbocycles. The standard InChI is InChI=1S/C9H15N5S2/c1-14(6-3-4-6)8(10)11-5-7-12-13-9(15-2)16-7/h6H,3-5H2,1-2H3,(H2,10,11). The molecule has 1 aromatic heterocycles. The summed E-state index contributed by atoms with van der Waals surface area (Å²) in [6.45, 7) is 0.529. The SMILES string of the molecule is CSc1nnc(CN=C(N)N(C)C2CC2)s1. The molecule has 0 bridgehead atoms. The second-order valence-electron chi connectivity index (χ2n) is 3.68. The highest BCUT2D eigenvalue weighted by Crippen LogP contribution is 2.25. The number of hydrogen-bond acceptors (Lipinski definition) is 5. The van der Waals surface area contributed by atoms with Gasteiger partial charge in [-0.2, -0.15) is 0 Å². The molecule has 1 aromatic rings. The Hall–Kier alpha value is -0.820. The number of aliphatic imine (C=N–C) groups is 1. The summed E-state index contributed by atoms with van der Waals surface area (Å²) in [6, 6.07) is 0.597. The molecule has 1 heterocycles. The molecule has 0 aromatic carbocycles. The van der Waals surface area contributed by atoms with Gasteiger partial charge in [-0.25, -0.2) is 4.99 Å². The van der Waals surface area contributed by atoms with Crippen molar-refractivity contribution in [3.63, 3.8) is 0 Å². The fourth-order valence-electron chi connectivity index (χ4n) is 1.29. The molecule has 0 saturated heterocycles. The summed E-state index contributed by atoms with van der Waals surface area (Å²) < 4.78 is 0.972. The highest BCUT2D eigenvalue weighted by atomic mass is 32.2. The van der Waals surface area contributed by atoms with E-state index in [1.54, 1.807) is 23.1 Å². The van der Waals surface area contributed by atoms with E-state index >= 15 is 0 Å². The van der Waals surface area contributed by atoms with E-state index in [2.05, 4.69) is 15.2 Å². The van der Waals surface area contributed by atoms with Crippen molar-refractivity contribution >= 4 is 29.1 Å². The van der Waals surface area contributed by atoms with E-state index < -0.39 is 0 Å². The molecule has 5 nitrogen and oxygen atoms in total. The van der Waals surface area contributed by atoms with E-state index in [1.165, 1.54) is 12.8 Å². The highest BCUT2D eigenvalue weighted by Gasteiger charge is 2.27. The van der Waals surface area contributed by atoms with Crippen molar-refractivity contribution in [2.45, 2.75) is 29.8 Å². The molecule has 2 N–H and O–H groups in total. The molecule has 7 heteroatoms. The van der Waals surface area contributed by atoms with Crippen LogP contribution < -0.4 is 5.73 Å². The zero-order valence-corrected chi connectivity index (χ0v) is 11.0. The van der Waals surface area contributed by atoms with Crippen molar-refractivity contribution in [1.82, 2.24) is 15.1 Å². The minimum Gasteiger partial charge on any atom is -0.370 e. The van der Waals surface area contributed by atoms with Crippen LogP contribution in [0.3, 0.4) is 0 Å². The average molecular weight is 257 g/mol. The molecule has 1 saturated carbocycles. The van der Waals surface area contributed by atoms with Crippen molar-refractivity contribution < 1.29 is 0 Å². The van der Waals surface area contributed by atoms with Gasteiger partial charge >= 0.3 is 0 Å². The van der Waals surface area contributed by atoms with Gasteiger partial charge in [0, 0.05) is 13.1 Å². The zero-order chi connectivity index (χ0) is 11.5.